The van der Waals surface area contributed by atoms with Crippen LogP contribution in [0, 0.1) is 5.92 Å². The maximum atomic E-state index is 9.48. The molecule has 2 nitrogen and oxygen atoms in total. The van der Waals surface area contributed by atoms with Crippen molar-refractivity contribution in [3.05, 3.63) is 29.8 Å². The van der Waals surface area contributed by atoms with Crippen LogP contribution >= 0.6 is 0 Å². The Hall–Kier alpha value is -1.02. The molecule has 0 aliphatic rings. The van der Waals surface area contributed by atoms with Gasteiger partial charge < -0.3 is 10.4 Å². The summed E-state index contributed by atoms with van der Waals surface area (Å²) in [4.78, 5) is 0. The average Bonchev–Trinajstić information content (AvgIpc) is 2.15. The Bertz CT molecular complexity index is 271. The smallest absolute Gasteiger partial charge is 0.120 e. The van der Waals surface area contributed by atoms with Gasteiger partial charge in [0.15, 0.2) is 0 Å². The minimum atomic E-state index is 0.379. The second-order valence-corrected chi connectivity index (χ2v) is 3.99. The maximum Gasteiger partial charge on any atom is 0.120 e. The lowest BCUT2D eigenvalue weighted by atomic mass is 10.1. The van der Waals surface area contributed by atoms with E-state index in [9.17, 15) is 5.11 Å². The van der Waals surface area contributed by atoms with Gasteiger partial charge in [0.05, 0.1) is 0 Å². The zero-order valence-electron chi connectivity index (χ0n) is 8.96. The fourth-order valence-electron chi connectivity index (χ4n) is 1.27. The van der Waals surface area contributed by atoms with Gasteiger partial charge in [0, 0.05) is 12.1 Å². The molecule has 0 atom stereocenters. The predicted molar refractivity (Wildman–Crippen MR) is 59.3 cm³/mol. The highest BCUT2D eigenvalue weighted by Crippen LogP contribution is 2.14. The minimum absolute atomic E-state index is 0.379. The van der Waals surface area contributed by atoms with Crippen LogP contribution in [-0.2, 0) is 6.54 Å². The molecule has 0 aliphatic carbocycles. The van der Waals surface area contributed by atoms with Crippen molar-refractivity contribution >= 4 is 0 Å². The van der Waals surface area contributed by atoms with E-state index in [1.165, 1.54) is 6.42 Å². The molecule has 0 saturated heterocycles. The van der Waals surface area contributed by atoms with Crippen molar-refractivity contribution in [1.82, 2.24) is 5.32 Å². The minimum Gasteiger partial charge on any atom is -0.508 e. The lowest BCUT2D eigenvalue weighted by molar-refractivity contribution is 0.462. The summed E-state index contributed by atoms with van der Waals surface area (Å²) in [5.41, 5.74) is 0.969. The number of hydrogen-bond donors (Lipinski definition) is 2. The predicted octanol–water partition coefficient (Wildman–Crippen LogP) is 2.53. The molecule has 2 N–H and O–H groups in total. The van der Waals surface area contributed by atoms with Gasteiger partial charge in [0.2, 0.25) is 0 Å². The van der Waals surface area contributed by atoms with Crippen LogP contribution in [0.25, 0.3) is 0 Å². The maximum absolute atomic E-state index is 9.48. The summed E-state index contributed by atoms with van der Waals surface area (Å²) in [6.07, 6.45) is 1.17. The normalized spacial score (nSPS) is 10.8. The number of phenolic OH excluding ortho intramolecular Hbond substituents is 1. The van der Waals surface area contributed by atoms with Gasteiger partial charge in [-0.15, -0.1) is 0 Å². The molecule has 1 rings (SSSR count). The molecule has 1 aromatic rings. The summed E-state index contributed by atoms with van der Waals surface area (Å²) in [5.74, 6) is 1.11. The molecule has 0 saturated carbocycles. The van der Waals surface area contributed by atoms with Crippen molar-refractivity contribution in [1.29, 1.82) is 0 Å². The van der Waals surface area contributed by atoms with E-state index in [-0.39, 0.29) is 0 Å². The number of para-hydroxylation sites is 1. The first-order valence-corrected chi connectivity index (χ1v) is 5.17. The molecule has 0 spiro atoms. The van der Waals surface area contributed by atoms with E-state index in [4.69, 9.17) is 0 Å². The van der Waals surface area contributed by atoms with Crippen molar-refractivity contribution in [3.8, 4) is 5.75 Å². The van der Waals surface area contributed by atoms with Crippen LogP contribution in [0.5, 0.6) is 5.75 Å². The lowest BCUT2D eigenvalue weighted by Crippen LogP contribution is -2.16. The molecule has 0 aliphatic heterocycles. The molecule has 0 radical (unpaired) electrons. The molecule has 1 aromatic carbocycles. The average molecular weight is 193 g/mol. The van der Waals surface area contributed by atoms with Crippen LogP contribution in [0.1, 0.15) is 25.8 Å². The number of hydrogen-bond acceptors (Lipinski definition) is 2. The van der Waals surface area contributed by atoms with Crippen LogP contribution in [-0.4, -0.2) is 11.7 Å². The topological polar surface area (TPSA) is 32.3 Å². The third-order valence-electron chi connectivity index (χ3n) is 2.21. The van der Waals surface area contributed by atoms with Gasteiger partial charge in [0.1, 0.15) is 5.75 Å². The lowest BCUT2D eigenvalue weighted by Gasteiger charge is -2.07. The van der Waals surface area contributed by atoms with Gasteiger partial charge in [-0.05, 0) is 24.9 Å². The highest BCUT2D eigenvalue weighted by Gasteiger charge is 1.98. The molecule has 78 valence electrons. The molecule has 14 heavy (non-hydrogen) atoms. The SMILES string of the molecule is CC(C)CCNCc1ccccc1O. The fraction of sp³-hybridized carbons (Fsp3) is 0.500. The molecular weight excluding hydrogens is 174 g/mol. The summed E-state index contributed by atoms with van der Waals surface area (Å²) < 4.78 is 0. The van der Waals surface area contributed by atoms with Gasteiger partial charge in [-0.2, -0.15) is 0 Å². The quantitative estimate of drug-likeness (QED) is 0.704. The third-order valence-corrected chi connectivity index (χ3v) is 2.21. The van der Waals surface area contributed by atoms with Crippen LogP contribution in [0.3, 0.4) is 0 Å². The molecular formula is C12H19NO. The largest absolute Gasteiger partial charge is 0.508 e. The van der Waals surface area contributed by atoms with Crippen molar-refractivity contribution in [2.75, 3.05) is 6.54 Å². The second-order valence-electron chi connectivity index (χ2n) is 3.99. The number of rotatable bonds is 5. The van der Waals surface area contributed by atoms with Crippen molar-refractivity contribution < 1.29 is 5.11 Å². The first-order valence-electron chi connectivity index (χ1n) is 5.17. The van der Waals surface area contributed by atoms with Gasteiger partial charge in [-0.3, -0.25) is 0 Å². The third kappa shape index (κ3) is 3.79. The van der Waals surface area contributed by atoms with E-state index in [0.29, 0.717) is 5.75 Å². The molecule has 2 heteroatoms. The van der Waals surface area contributed by atoms with Crippen molar-refractivity contribution in [2.24, 2.45) is 5.92 Å². The van der Waals surface area contributed by atoms with Crippen LogP contribution < -0.4 is 5.32 Å². The van der Waals surface area contributed by atoms with Crippen LogP contribution in [0.4, 0.5) is 0 Å². The molecule has 0 aromatic heterocycles. The molecule has 0 fully saturated rings. The van der Waals surface area contributed by atoms with E-state index < -0.39 is 0 Å². The summed E-state index contributed by atoms with van der Waals surface area (Å²) in [6, 6.07) is 7.45. The van der Waals surface area contributed by atoms with E-state index in [1.807, 2.05) is 18.2 Å². The van der Waals surface area contributed by atoms with E-state index >= 15 is 0 Å². The zero-order valence-corrected chi connectivity index (χ0v) is 8.96. The van der Waals surface area contributed by atoms with E-state index in [2.05, 4.69) is 19.2 Å². The van der Waals surface area contributed by atoms with Crippen LogP contribution in [0.2, 0.25) is 0 Å². The molecule has 0 unspecified atom stereocenters. The summed E-state index contributed by atoms with van der Waals surface area (Å²) in [5, 5.41) is 12.8. The number of phenols is 1. The molecule has 0 amide bonds. The van der Waals surface area contributed by atoms with Gasteiger partial charge in [-0.1, -0.05) is 32.0 Å². The Morgan fingerprint density at radius 3 is 2.64 bits per heavy atom. The Kier molecular flexibility index (Phi) is 4.47. The standard InChI is InChI=1S/C12H19NO/c1-10(2)7-8-13-9-11-5-3-4-6-12(11)14/h3-6,10,13-14H,7-9H2,1-2H3. The first kappa shape index (κ1) is 11.1. The molecule has 0 bridgehead atoms. The van der Waals surface area contributed by atoms with Crippen molar-refractivity contribution in [3.63, 3.8) is 0 Å². The van der Waals surface area contributed by atoms with Crippen molar-refractivity contribution in [2.45, 2.75) is 26.8 Å². The zero-order chi connectivity index (χ0) is 10.4. The van der Waals surface area contributed by atoms with Gasteiger partial charge in [-0.25, -0.2) is 0 Å². The Morgan fingerprint density at radius 1 is 1.29 bits per heavy atom. The van der Waals surface area contributed by atoms with Gasteiger partial charge >= 0.3 is 0 Å². The first-order chi connectivity index (χ1) is 6.70. The summed E-state index contributed by atoms with van der Waals surface area (Å²) in [6.45, 7) is 6.18. The second kappa shape index (κ2) is 5.66. The monoisotopic (exact) mass is 193 g/mol. The van der Waals surface area contributed by atoms with E-state index in [0.717, 1.165) is 24.6 Å². The summed E-state index contributed by atoms with van der Waals surface area (Å²) in [7, 11) is 0. The Labute approximate surface area is 86.0 Å². The highest BCUT2D eigenvalue weighted by atomic mass is 16.3. The van der Waals surface area contributed by atoms with E-state index in [1.54, 1.807) is 6.07 Å². The van der Waals surface area contributed by atoms with Gasteiger partial charge in [0.25, 0.3) is 0 Å². The molecule has 0 heterocycles. The van der Waals surface area contributed by atoms with Crippen LogP contribution in [0.15, 0.2) is 24.3 Å². The Balaban J connectivity index is 2.28. The summed E-state index contributed by atoms with van der Waals surface area (Å²) >= 11 is 0. The number of nitrogens with one attached hydrogen (secondary N) is 1. The fourth-order valence-corrected chi connectivity index (χ4v) is 1.27. The number of benzene rings is 1. The Morgan fingerprint density at radius 2 is 2.00 bits per heavy atom. The number of aromatic hydroxyl groups is 1. The highest BCUT2D eigenvalue weighted by molar-refractivity contribution is 5.31.